The predicted molar refractivity (Wildman–Crippen MR) is 146 cm³/mol. The Morgan fingerprint density at radius 1 is 1.03 bits per heavy atom. The number of carbonyl (C=O) groups excluding carboxylic acids is 1. The molecule has 9 heteroatoms. The van der Waals surface area contributed by atoms with Gasteiger partial charge in [0.05, 0.1) is 41.5 Å². The van der Waals surface area contributed by atoms with Crippen LogP contribution in [0, 0.1) is 0 Å². The van der Waals surface area contributed by atoms with Gasteiger partial charge in [-0.25, -0.2) is 4.99 Å². The maximum atomic E-state index is 13.5. The number of ketones is 1. The van der Waals surface area contributed by atoms with E-state index < -0.39 is 13.6 Å². The summed E-state index contributed by atoms with van der Waals surface area (Å²) in [6.07, 6.45) is 0. The molecule has 0 bridgehead atoms. The molecule has 1 atom stereocenters. The minimum Gasteiger partial charge on any atom is -0.494 e. The lowest BCUT2D eigenvalue weighted by atomic mass is 10.0. The molecular formula is C28H30N3O5P. The third-order valence-electron chi connectivity index (χ3n) is 5.89. The van der Waals surface area contributed by atoms with Gasteiger partial charge in [-0.05, 0) is 56.7 Å². The number of hydrogen-bond donors (Lipinski definition) is 3. The number of nitrogens with one attached hydrogen (secondary N) is 1. The first-order valence-corrected chi connectivity index (χ1v) is 13.6. The molecule has 37 heavy (non-hydrogen) atoms. The second-order valence-corrected chi connectivity index (χ2v) is 10.4. The Bertz CT molecular complexity index is 1470. The topological polar surface area (TPSA) is 127 Å². The van der Waals surface area contributed by atoms with E-state index in [0.717, 1.165) is 5.56 Å². The third-order valence-corrected chi connectivity index (χ3v) is 8.00. The van der Waals surface area contributed by atoms with Gasteiger partial charge in [0.1, 0.15) is 0 Å². The number of Topliss-reactive ketones (excluding diaryl/α,β-unsaturated/α-hetero) is 1. The number of nitrogens with zero attached hydrogens (tertiary/aromatic N) is 1. The van der Waals surface area contributed by atoms with Gasteiger partial charge in [0, 0.05) is 16.5 Å². The number of aromatic nitrogens is 1. The Kier molecular flexibility index (Phi) is 8.05. The quantitative estimate of drug-likeness (QED) is 0.187. The summed E-state index contributed by atoms with van der Waals surface area (Å²) in [7, 11) is -3.55. The molecule has 4 aromatic rings. The van der Waals surface area contributed by atoms with Crippen molar-refractivity contribution in [3.05, 3.63) is 89.5 Å². The zero-order valence-electron chi connectivity index (χ0n) is 21.0. The third kappa shape index (κ3) is 5.58. The molecule has 0 spiro atoms. The standard InChI is InChI=1S/C28H30N3O5P/c1-4-35-37(34,36-5-2)22-15-16-24-23(17-22)25(28(33)31-24)27(20-9-7-6-8-10-20)30-21-13-11-19(12-14-21)26(29)18(3)32/h6-17,26,31,33H,4-5,29H2,1-3H3. The van der Waals surface area contributed by atoms with Gasteiger partial charge in [-0.15, -0.1) is 0 Å². The summed E-state index contributed by atoms with van der Waals surface area (Å²) in [5, 5.41) is 12.0. The molecule has 192 valence electrons. The summed E-state index contributed by atoms with van der Waals surface area (Å²) in [5.74, 6) is -0.204. The van der Waals surface area contributed by atoms with Gasteiger partial charge in [0.15, 0.2) is 11.7 Å². The highest BCUT2D eigenvalue weighted by molar-refractivity contribution is 7.62. The highest BCUT2D eigenvalue weighted by atomic mass is 31.2. The number of H-pyrrole nitrogens is 1. The van der Waals surface area contributed by atoms with Crippen LogP contribution in [0.25, 0.3) is 10.9 Å². The molecule has 0 saturated carbocycles. The predicted octanol–water partition coefficient (Wildman–Crippen LogP) is 5.52. The van der Waals surface area contributed by atoms with Crippen molar-refractivity contribution in [2.75, 3.05) is 13.2 Å². The van der Waals surface area contributed by atoms with Crippen LogP contribution in [-0.4, -0.2) is 34.8 Å². The van der Waals surface area contributed by atoms with E-state index in [1.807, 2.05) is 30.3 Å². The van der Waals surface area contributed by atoms with Crippen LogP contribution in [0.4, 0.5) is 5.69 Å². The van der Waals surface area contributed by atoms with Crippen LogP contribution in [0.1, 0.15) is 43.5 Å². The molecule has 8 nitrogen and oxygen atoms in total. The molecule has 0 fully saturated rings. The van der Waals surface area contributed by atoms with Gasteiger partial charge in [-0.2, -0.15) is 0 Å². The maximum absolute atomic E-state index is 13.5. The highest BCUT2D eigenvalue weighted by Crippen LogP contribution is 2.47. The fourth-order valence-corrected chi connectivity index (χ4v) is 5.68. The lowest BCUT2D eigenvalue weighted by Crippen LogP contribution is -2.18. The molecule has 1 unspecified atom stereocenters. The van der Waals surface area contributed by atoms with Crippen molar-refractivity contribution in [2.45, 2.75) is 26.8 Å². The summed E-state index contributed by atoms with van der Waals surface area (Å²) in [6.45, 7) is 5.41. The van der Waals surface area contributed by atoms with Crippen molar-refractivity contribution in [1.29, 1.82) is 0 Å². The number of aromatic hydroxyl groups is 1. The average molecular weight is 520 g/mol. The number of hydrogen-bond acceptors (Lipinski definition) is 7. The first kappa shape index (κ1) is 26.5. The fourth-order valence-electron chi connectivity index (χ4n) is 4.08. The number of rotatable bonds is 10. The zero-order valence-corrected chi connectivity index (χ0v) is 21.9. The Morgan fingerprint density at radius 3 is 2.27 bits per heavy atom. The van der Waals surface area contributed by atoms with Gasteiger partial charge in [0.2, 0.25) is 0 Å². The van der Waals surface area contributed by atoms with E-state index >= 15 is 0 Å². The van der Waals surface area contributed by atoms with Crippen molar-refractivity contribution in [3.63, 3.8) is 0 Å². The van der Waals surface area contributed by atoms with Crippen molar-refractivity contribution < 1.29 is 23.5 Å². The molecule has 0 radical (unpaired) electrons. The molecule has 4 rings (SSSR count). The number of carbonyl (C=O) groups is 1. The highest BCUT2D eigenvalue weighted by Gasteiger charge is 2.28. The molecule has 0 aliphatic rings. The van der Waals surface area contributed by atoms with Gasteiger partial charge >= 0.3 is 7.60 Å². The van der Waals surface area contributed by atoms with Crippen LogP contribution in [-0.2, 0) is 18.4 Å². The number of aliphatic imine (C=N–C) groups is 1. The van der Waals surface area contributed by atoms with Crippen LogP contribution in [0.5, 0.6) is 5.88 Å². The summed E-state index contributed by atoms with van der Waals surface area (Å²) in [5.41, 5.74) is 9.63. The maximum Gasteiger partial charge on any atom is 0.361 e. The summed E-state index contributed by atoms with van der Waals surface area (Å²) in [4.78, 5) is 19.5. The molecule has 0 aliphatic carbocycles. The second-order valence-electron chi connectivity index (χ2n) is 8.42. The second kappa shape index (κ2) is 11.2. The van der Waals surface area contributed by atoms with Crippen molar-refractivity contribution in [2.24, 2.45) is 10.7 Å². The Labute approximate surface area is 215 Å². The lowest BCUT2D eigenvalue weighted by molar-refractivity contribution is -0.118. The fraction of sp³-hybridized carbons (Fsp3) is 0.214. The number of benzene rings is 3. The van der Waals surface area contributed by atoms with Gasteiger partial charge in [-0.3, -0.25) is 9.36 Å². The molecule has 1 aromatic heterocycles. The summed E-state index contributed by atoms with van der Waals surface area (Å²) < 4.78 is 24.5. The van der Waals surface area contributed by atoms with E-state index in [4.69, 9.17) is 19.8 Å². The Balaban J connectivity index is 1.90. The Morgan fingerprint density at radius 2 is 1.68 bits per heavy atom. The number of nitrogens with two attached hydrogens (primary N) is 1. The summed E-state index contributed by atoms with van der Waals surface area (Å²) >= 11 is 0. The largest absolute Gasteiger partial charge is 0.494 e. The first-order valence-electron chi connectivity index (χ1n) is 12.0. The van der Waals surface area contributed by atoms with Crippen LogP contribution in [0.15, 0.2) is 77.8 Å². The van der Waals surface area contributed by atoms with E-state index in [1.54, 1.807) is 56.3 Å². The summed E-state index contributed by atoms with van der Waals surface area (Å²) in [6, 6.07) is 20.9. The van der Waals surface area contributed by atoms with Crippen molar-refractivity contribution >= 4 is 41.0 Å². The van der Waals surface area contributed by atoms with E-state index in [2.05, 4.69) is 4.98 Å². The average Bonchev–Trinajstić information content (AvgIpc) is 3.22. The molecule has 0 saturated heterocycles. The SMILES string of the molecule is CCOP(=O)(OCC)c1ccc2[nH]c(O)c(C(=Nc3ccc(C(N)C(C)=O)cc3)c3ccccc3)c2c1. The van der Waals surface area contributed by atoms with E-state index in [0.29, 0.717) is 38.7 Å². The molecule has 3 aromatic carbocycles. The minimum absolute atomic E-state index is 0.0763. The van der Waals surface area contributed by atoms with Crippen LogP contribution >= 0.6 is 7.60 Å². The van der Waals surface area contributed by atoms with E-state index in [-0.39, 0.29) is 24.9 Å². The van der Waals surface area contributed by atoms with Crippen molar-refractivity contribution in [1.82, 2.24) is 4.98 Å². The van der Waals surface area contributed by atoms with Crippen LogP contribution in [0.3, 0.4) is 0 Å². The first-order chi connectivity index (χ1) is 17.8. The van der Waals surface area contributed by atoms with Crippen LogP contribution in [0.2, 0.25) is 0 Å². The number of aromatic amines is 1. The van der Waals surface area contributed by atoms with Gasteiger partial charge < -0.3 is 24.9 Å². The van der Waals surface area contributed by atoms with E-state index in [9.17, 15) is 14.5 Å². The minimum atomic E-state index is -3.55. The van der Waals surface area contributed by atoms with Crippen molar-refractivity contribution in [3.8, 4) is 5.88 Å². The smallest absolute Gasteiger partial charge is 0.361 e. The molecule has 4 N–H and O–H groups in total. The molecular weight excluding hydrogens is 489 g/mol. The van der Waals surface area contributed by atoms with Gasteiger partial charge in [0.25, 0.3) is 0 Å². The molecule has 1 heterocycles. The molecule has 0 aliphatic heterocycles. The number of fused-ring (bicyclic) bond motifs is 1. The lowest BCUT2D eigenvalue weighted by Gasteiger charge is -2.17. The zero-order chi connectivity index (χ0) is 26.6. The normalized spacial score (nSPS) is 13.1. The van der Waals surface area contributed by atoms with E-state index in [1.165, 1.54) is 6.92 Å². The monoisotopic (exact) mass is 519 g/mol. The van der Waals surface area contributed by atoms with Gasteiger partial charge in [-0.1, -0.05) is 42.5 Å². The molecule has 0 amide bonds. The van der Waals surface area contributed by atoms with Crippen LogP contribution < -0.4 is 11.0 Å². The Hall–Kier alpha value is -3.55.